The lowest BCUT2D eigenvalue weighted by Gasteiger charge is -2.09. The van der Waals surface area contributed by atoms with Gasteiger partial charge in [0.1, 0.15) is 18.2 Å². The predicted octanol–water partition coefficient (Wildman–Crippen LogP) is 2.35. The molecule has 114 valence electrons. The van der Waals surface area contributed by atoms with Crippen molar-refractivity contribution in [1.82, 2.24) is 15.1 Å². The average molecular weight is 291 g/mol. The monoisotopic (exact) mass is 291 g/mol. The van der Waals surface area contributed by atoms with Gasteiger partial charge in [0.2, 0.25) is 0 Å². The SMILES string of the molecule is CCNc1cc(NCc2cc(C)no2)nc(COCC)n1. The molecule has 0 aliphatic carbocycles. The van der Waals surface area contributed by atoms with E-state index in [1.807, 2.05) is 32.9 Å². The van der Waals surface area contributed by atoms with Gasteiger partial charge in [0.05, 0.1) is 12.2 Å². The van der Waals surface area contributed by atoms with Gasteiger partial charge >= 0.3 is 0 Å². The first kappa shape index (κ1) is 15.2. The smallest absolute Gasteiger partial charge is 0.158 e. The molecule has 0 aromatic carbocycles. The minimum Gasteiger partial charge on any atom is -0.374 e. The molecule has 2 aromatic heterocycles. The summed E-state index contributed by atoms with van der Waals surface area (Å²) in [7, 11) is 0. The Labute approximate surface area is 124 Å². The van der Waals surface area contributed by atoms with Crippen LogP contribution in [0, 0.1) is 6.92 Å². The van der Waals surface area contributed by atoms with Crippen LogP contribution in [0.25, 0.3) is 0 Å². The molecule has 0 radical (unpaired) electrons. The van der Waals surface area contributed by atoms with E-state index in [1.165, 1.54) is 0 Å². The predicted molar refractivity (Wildman–Crippen MR) is 80.1 cm³/mol. The summed E-state index contributed by atoms with van der Waals surface area (Å²) in [5, 5.41) is 10.2. The van der Waals surface area contributed by atoms with Crippen LogP contribution in [0.4, 0.5) is 11.6 Å². The van der Waals surface area contributed by atoms with E-state index in [2.05, 4.69) is 25.8 Å². The van der Waals surface area contributed by atoms with Gasteiger partial charge in [0, 0.05) is 25.3 Å². The lowest BCUT2D eigenvalue weighted by Crippen LogP contribution is -2.09. The van der Waals surface area contributed by atoms with Crippen molar-refractivity contribution in [2.45, 2.75) is 33.9 Å². The third-order valence-electron chi connectivity index (χ3n) is 2.69. The molecule has 7 heteroatoms. The first-order chi connectivity index (χ1) is 10.2. The van der Waals surface area contributed by atoms with Crippen molar-refractivity contribution in [3.8, 4) is 0 Å². The number of anilines is 2. The van der Waals surface area contributed by atoms with Gasteiger partial charge in [-0.3, -0.25) is 0 Å². The average Bonchev–Trinajstić information content (AvgIpc) is 2.89. The van der Waals surface area contributed by atoms with Gasteiger partial charge in [0.15, 0.2) is 11.6 Å². The Hall–Kier alpha value is -2.15. The van der Waals surface area contributed by atoms with Crippen LogP contribution in [0.1, 0.15) is 31.1 Å². The number of nitrogens with one attached hydrogen (secondary N) is 2. The highest BCUT2D eigenvalue weighted by Crippen LogP contribution is 2.13. The Morgan fingerprint density at radius 1 is 1.14 bits per heavy atom. The van der Waals surface area contributed by atoms with Crippen LogP contribution < -0.4 is 10.6 Å². The van der Waals surface area contributed by atoms with Crippen molar-refractivity contribution in [1.29, 1.82) is 0 Å². The van der Waals surface area contributed by atoms with Crippen molar-refractivity contribution in [2.24, 2.45) is 0 Å². The molecule has 21 heavy (non-hydrogen) atoms. The molecule has 0 bridgehead atoms. The molecule has 7 nitrogen and oxygen atoms in total. The first-order valence-corrected chi connectivity index (χ1v) is 7.07. The Bertz CT molecular complexity index is 570. The fourth-order valence-corrected chi connectivity index (χ4v) is 1.79. The van der Waals surface area contributed by atoms with Crippen LogP contribution in [0.3, 0.4) is 0 Å². The third-order valence-corrected chi connectivity index (χ3v) is 2.69. The maximum absolute atomic E-state index is 5.36. The summed E-state index contributed by atoms with van der Waals surface area (Å²) in [4.78, 5) is 8.82. The van der Waals surface area contributed by atoms with Crippen LogP contribution in [-0.2, 0) is 17.9 Å². The minimum atomic E-state index is 0.395. The second kappa shape index (κ2) is 7.58. The zero-order chi connectivity index (χ0) is 15.1. The molecular formula is C14H21N5O2. The standard InChI is InChI=1S/C14H21N5O2/c1-4-15-12-7-13(18-14(17-12)9-20-5-2)16-8-11-6-10(3)19-21-11/h6-7H,4-5,8-9H2,1-3H3,(H2,15,16,17,18). The Morgan fingerprint density at radius 3 is 2.52 bits per heavy atom. The Kier molecular flexibility index (Phi) is 5.51. The van der Waals surface area contributed by atoms with Gasteiger partial charge in [-0.2, -0.15) is 0 Å². The molecule has 0 aliphatic heterocycles. The molecule has 2 aromatic rings. The summed E-state index contributed by atoms with van der Waals surface area (Å²) in [5.74, 6) is 2.91. The maximum Gasteiger partial charge on any atom is 0.158 e. The summed E-state index contributed by atoms with van der Waals surface area (Å²) in [6.07, 6.45) is 0. The van der Waals surface area contributed by atoms with Gasteiger partial charge in [0.25, 0.3) is 0 Å². The molecule has 2 N–H and O–H groups in total. The number of aromatic nitrogens is 3. The van der Waals surface area contributed by atoms with E-state index >= 15 is 0 Å². The highest BCUT2D eigenvalue weighted by atomic mass is 16.5. The van der Waals surface area contributed by atoms with Crippen molar-refractivity contribution >= 4 is 11.6 Å². The van der Waals surface area contributed by atoms with Crippen molar-refractivity contribution in [3.05, 3.63) is 29.4 Å². The molecule has 0 aliphatic rings. The first-order valence-electron chi connectivity index (χ1n) is 7.07. The molecule has 0 saturated heterocycles. The van der Waals surface area contributed by atoms with Gasteiger partial charge in [-0.05, 0) is 20.8 Å². The van der Waals surface area contributed by atoms with Crippen molar-refractivity contribution in [2.75, 3.05) is 23.8 Å². The van der Waals surface area contributed by atoms with Crippen LogP contribution >= 0.6 is 0 Å². The number of hydrogen-bond acceptors (Lipinski definition) is 7. The maximum atomic E-state index is 5.36. The zero-order valence-electron chi connectivity index (χ0n) is 12.6. The van der Waals surface area contributed by atoms with E-state index in [0.717, 1.165) is 29.6 Å². The third kappa shape index (κ3) is 4.71. The Morgan fingerprint density at radius 2 is 1.90 bits per heavy atom. The number of nitrogens with zero attached hydrogens (tertiary/aromatic N) is 3. The highest BCUT2D eigenvalue weighted by molar-refractivity contribution is 5.47. The molecule has 2 heterocycles. The number of hydrogen-bond donors (Lipinski definition) is 2. The van der Waals surface area contributed by atoms with E-state index in [9.17, 15) is 0 Å². The van der Waals surface area contributed by atoms with Gasteiger partial charge in [-0.1, -0.05) is 5.16 Å². The molecular weight excluding hydrogens is 270 g/mol. The molecule has 0 amide bonds. The minimum absolute atomic E-state index is 0.395. The lowest BCUT2D eigenvalue weighted by molar-refractivity contribution is 0.128. The van der Waals surface area contributed by atoms with E-state index in [1.54, 1.807) is 0 Å². The second-order valence-corrected chi connectivity index (χ2v) is 4.51. The summed E-state index contributed by atoms with van der Waals surface area (Å²) in [6, 6.07) is 3.75. The number of rotatable bonds is 8. The summed E-state index contributed by atoms with van der Waals surface area (Å²) < 4.78 is 10.5. The quantitative estimate of drug-likeness (QED) is 0.772. The lowest BCUT2D eigenvalue weighted by atomic mass is 10.4. The van der Waals surface area contributed by atoms with Gasteiger partial charge < -0.3 is 19.9 Å². The topological polar surface area (TPSA) is 85.1 Å². The van der Waals surface area contributed by atoms with Gasteiger partial charge in [-0.25, -0.2) is 9.97 Å². The molecule has 0 saturated carbocycles. The van der Waals surface area contributed by atoms with Crippen LogP contribution in [-0.4, -0.2) is 28.3 Å². The van der Waals surface area contributed by atoms with Crippen LogP contribution in [0.5, 0.6) is 0 Å². The fourth-order valence-electron chi connectivity index (χ4n) is 1.79. The van der Waals surface area contributed by atoms with E-state index in [4.69, 9.17) is 9.26 Å². The largest absolute Gasteiger partial charge is 0.374 e. The van der Waals surface area contributed by atoms with E-state index in [-0.39, 0.29) is 0 Å². The molecule has 0 spiro atoms. The molecule has 2 rings (SSSR count). The summed E-state index contributed by atoms with van der Waals surface area (Å²) in [6.45, 7) is 8.21. The molecule has 0 fully saturated rings. The summed E-state index contributed by atoms with van der Waals surface area (Å²) >= 11 is 0. The summed E-state index contributed by atoms with van der Waals surface area (Å²) in [5.41, 5.74) is 0.861. The molecule has 0 atom stereocenters. The highest BCUT2D eigenvalue weighted by Gasteiger charge is 2.06. The number of ether oxygens (including phenoxy) is 1. The van der Waals surface area contributed by atoms with Gasteiger partial charge in [-0.15, -0.1) is 0 Å². The van der Waals surface area contributed by atoms with Crippen LogP contribution in [0.2, 0.25) is 0 Å². The fraction of sp³-hybridized carbons (Fsp3) is 0.500. The Balaban J connectivity index is 2.07. The van der Waals surface area contributed by atoms with E-state index < -0.39 is 0 Å². The normalized spacial score (nSPS) is 10.6. The second-order valence-electron chi connectivity index (χ2n) is 4.51. The number of aryl methyl sites for hydroxylation is 1. The zero-order valence-corrected chi connectivity index (χ0v) is 12.6. The van der Waals surface area contributed by atoms with Crippen molar-refractivity contribution < 1.29 is 9.26 Å². The van der Waals surface area contributed by atoms with E-state index in [0.29, 0.717) is 25.6 Å². The van der Waals surface area contributed by atoms with Crippen molar-refractivity contribution in [3.63, 3.8) is 0 Å². The molecule has 0 unspecified atom stereocenters. The van der Waals surface area contributed by atoms with Crippen LogP contribution in [0.15, 0.2) is 16.7 Å².